The van der Waals surface area contributed by atoms with Crippen molar-refractivity contribution in [3.05, 3.63) is 47.6 Å². The topological polar surface area (TPSA) is 282 Å². The fourth-order valence-electron chi connectivity index (χ4n) is 16.7. The fraction of sp³-hybridized carbons (Fsp3) is 0.800. The molecule has 4 saturated carbocycles. The predicted molar refractivity (Wildman–Crippen MR) is 260 cm³/mol. The average molecular weight is 1050 g/mol. The Labute approximate surface area is 432 Å². The van der Waals surface area contributed by atoms with Crippen LogP contribution in [0.1, 0.15) is 105 Å². The lowest BCUT2D eigenvalue weighted by atomic mass is 9.35. The summed E-state index contributed by atoms with van der Waals surface area (Å²) in [7, 11) is 0. The van der Waals surface area contributed by atoms with Crippen LogP contribution in [0.5, 0.6) is 5.75 Å². The highest BCUT2D eigenvalue weighted by Crippen LogP contribution is 2.80. The van der Waals surface area contributed by atoms with E-state index in [1.807, 2.05) is 6.92 Å². The van der Waals surface area contributed by atoms with Crippen LogP contribution >= 0.6 is 0 Å². The maximum Gasteiger partial charge on any atom is 0.331 e. The number of carbonyl (C=O) groups excluding carboxylic acids is 1. The lowest BCUT2D eigenvalue weighted by molar-refractivity contribution is -0.375. The first kappa shape index (κ1) is 54.7. The molecule has 5 saturated heterocycles. The Morgan fingerprint density at radius 2 is 1.50 bits per heavy atom. The van der Waals surface area contributed by atoms with Gasteiger partial charge in [-0.2, -0.15) is 0 Å². The number of phenols is 1. The molecule has 5 aliphatic heterocycles. The van der Waals surface area contributed by atoms with Crippen molar-refractivity contribution in [3.8, 4) is 5.75 Å². The number of carbonyl (C=O) groups is 1. The van der Waals surface area contributed by atoms with Crippen molar-refractivity contribution in [2.24, 2.45) is 45.3 Å². The molecule has 0 unspecified atom stereocenters. The van der Waals surface area contributed by atoms with E-state index >= 15 is 0 Å². The van der Waals surface area contributed by atoms with Crippen LogP contribution in [0.4, 0.5) is 0 Å². The number of aromatic hydroxyl groups is 1. The summed E-state index contributed by atoms with van der Waals surface area (Å²) in [5.74, 6) is -1.22. The van der Waals surface area contributed by atoms with Crippen molar-refractivity contribution < 1.29 is 93.4 Å². The van der Waals surface area contributed by atoms with Crippen LogP contribution in [0.2, 0.25) is 0 Å². The van der Waals surface area contributed by atoms with Gasteiger partial charge in [0.25, 0.3) is 0 Å². The Bertz CT molecular complexity index is 2270. The Kier molecular flexibility index (Phi) is 14.7. The maximum absolute atomic E-state index is 13.3. The molecule has 4 aliphatic carbocycles. The molecule has 19 heteroatoms. The SMILES string of the molecule is CC(C)=C[C@H]1C[C@](C)(O)[C@@H]2[C@H]3CC[C@@H]4[C@@]5(C)CC[C@H](O[C@@H]6OC[C@H](O)[C@H](O[C@@H]7O[C@H](CO)[C@@H](O)[C@H](O)[C@H]7OC(=O)/C=C/c7cccc(O)c7)[C@H]6O[C@@H]6O[C@@H](CO)[C@H](O)[C@H]6O)C(C)(C)[C@@H]5CC[C@@]4(C)[C@@]34CO[C@@]2(C4)O1. The Balaban J connectivity index is 0.907. The summed E-state index contributed by atoms with van der Waals surface area (Å²) in [6.07, 6.45) is -9.97. The highest BCUT2D eigenvalue weighted by atomic mass is 16.8. The molecule has 2 bridgehead atoms. The summed E-state index contributed by atoms with van der Waals surface area (Å²) in [5, 5.41) is 98.3. The highest BCUT2D eigenvalue weighted by Gasteiger charge is 2.81. The molecule has 10 rings (SSSR count). The molecule has 0 radical (unpaired) electrons. The van der Waals surface area contributed by atoms with E-state index in [2.05, 4.69) is 47.6 Å². The van der Waals surface area contributed by atoms with Crippen LogP contribution in [-0.4, -0.2) is 182 Å². The zero-order chi connectivity index (χ0) is 53.1. The number of hydrogen-bond acceptors (Lipinski definition) is 19. The molecular formula is C55H80O19. The van der Waals surface area contributed by atoms with Gasteiger partial charge in [0, 0.05) is 30.3 Å². The molecule has 9 aliphatic rings. The molecule has 2 spiro atoms. The zero-order valence-corrected chi connectivity index (χ0v) is 43.6. The summed E-state index contributed by atoms with van der Waals surface area (Å²) in [6.45, 7) is 14.3. The lowest BCUT2D eigenvalue weighted by Crippen LogP contribution is -2.67. The van der Waals surface area contributed by atoms with Gasteiger partial charge in [-0.15, -0.1) is 0 Å². The summed E-state index contributed by atoms with van der Waals surface area (Å²) in [6, 6.07) is 6.08. The van der Waals surface area contributed by atoms with Crippen LogP contribution in [-0.2, 0) is 47.4 Å². The van der Waals surface area contributed by atoms with Gasteiger partial charge in [0.15, 0.2) is 30.8 Å². The highest BCUT2D eigenvalue weighted by molar-refractivity contribution is 5.87. The van der Waals surface area contributed by atoms with Gasteiger partial charge in [0.2, 0.25) is 0 Å². The third kappa shape index (κ3) is 8.94. The number of benzene rings is 1. The Hall–Kier alpha value is -2.67. The molecule has 1 aromatic carbocycles. The number of hydrogen-bond donors (Lipinski definition) is 9. The minimum absolute atomic E-state index is 0.0380. The second-order valence-corrected chi connectivity index (χ2v) is 24.8. The standard InChI is InChI=1S/C55H80O19/c1-27(2)19-30-21-53(7,65)46-31-12-13-36-51(5)17-16-37(50(3,4)35(51)15-18-52(36,6)54(31)25-55(46,74-30)67-26-54)70-48-45(73-47-42(64)40(62)34(23-57)68-47)43(32(59)24-66-48)72-49-44(41(63)39(61)33(22-56)69-49)71-38(60)14-11-28-9-8-10-29(58)20-28/h8-11,14,19-20,30-37,39-49,56-59,61-65H,12-13,15-18,21-26H2,1-7H3/b14-11+/t30-,31+,32-,33+,34-,35-,36+,37-,39+,40-,41-,42+,43-,44+,45+,46-,47-,48-,49-,51-,52+,53-,54-,55-/m0/s1. The first-order chi connectivity index (χ1) is 34.9. The van der Waals surface area contributed by atoms with Crippen LogP contribution in [0.3, 0.4) is 0 Å². The van der Waals surface area contributed by atoms with Crippen molar-refractivity contribution >= 4 is 12.0 Å². The third-order valence-electron chi connectivity index (χ3n) is 19.9. The summed E-state index contributed by atoms with van der Waals surface area (Å²) >= 11 is 0. The molecule has 5 heterocycles. The molecule has 1 aromatic rings. The van der Waals surface area contributed by atoms with Gasteiger partial charge in [0.05, 0.1) is 44.2 Å². The van der Waals surface area contributed by atoms with Crippen molar-refractivity contribution in [3.63, 3.8) is 0 Å². The van der Waals surface area contributed by atoms with Crippen LogP contribution in [0, 0.1) is 45.3 Å². The average Bonchev–Trinajstić information content (AvgIpc) is 3.96. The van der Waals surface area contributed by atoms with Crippen molar-refractivity contribution in [2.75, 3.05) is 26.4 Å². The number of phenolic OH excluding ortho intramolecular Hbond substituents is 1. The number of esters is 1. The third-order valence-corrected chi connectivity index (χ3v) is 19.9. The van der Waals surface area contributed by atoms with E-state index in [1.54, 1.807) is 12.1 Å². The van der Waals surface area contributed by atoms with Crippen LogP contribution < -0.4 is 0 Å². The number of ether oxygens (including phenoxy) is 9. The zero-order valence-electron chi connectivity index (χ0n) is 43.6. The quantitative estimate of drug-likeness (QED) is 0.0630. The second kappa shape index (κ2) is 19.9. The summed E-state index contributed by atoms with van der Waals surface area (Å²) in [5.41, 5.74) is -0.214. The molecule has 0 amide bonds. The number of aliphatic hydroxyl groups is 8. The van der Waals surface area contributed by atoms with E-state index in [-0.39, 0.29) is 52.5 Å². The Morgan fingerprint density at radius 3 is 2.20 bits per heavy atom. The minimum Gasteiger partial charge on any atom is -0.508 e. The van der Waals surface area contributed by atoms with Crippen molar-refractivity contribution in [1.29, 1.82) is 0 Å². The van der Waals surface area contributed by atoms with Crippen LogP contribution in [0.25, 0.3) is 6.08 Å². The largest absolute Gasteiger partial charge is 0.508 e. The van der Waals surface area contributed by atoms with E-state index in [9.17, 15) is 50.8 Å². The smallest absolute Gasteiger partial charge is 0.331 e. The molecule has 19 nitrogen and oxygen atoms in total. The molecule has 0 aromatic heterocycles. The van der Waals surface area contributed by atoms with E-state index in [1.165, 1.54) is 18.2 Å². The van der Waals surface area contributed by atoms with E-state index < -0.39 is 122 Å². The summed E-state index contributed by atoms with van der Waals surface area (Å²) in [4.78, 5) is 13.3. The predicted octanol–water partition coefficient (Wildman–Crippen LogP) is 2.58. The lowest BCUT2D eigenvalue weighted by Gasteiger charge is -2.70. The molecule has 24 atom stereocenters. The molecule has 414 valence electrons. The van der Waals surface area contributed by atoms with Gasteiger partial charge in [-0.25, -0.2) is 4.79 Å². The Morgan fingerprint density at radius 1 is 0.797 bits per heavy atom. The number of fused-ring (bicyclic) bond motifs is 4. The van der Waals surface area contributed by atoms with Gasteiger partial charge >= 0.3 is 5.97 Å². The fourth-order valence-corrected chi connectivity index (χ4v) is 16.7. The second-order valence-electron chi connectivity index (χ2n) is 24.8. The van der Waals surface area contributed by atoms with Gasteiger partial charge in [-0.1, -0.05) is 51.5 Å². The summed E-state index contributed by atoms with van der Waals surface area (Å²) < 4.78 is 57.4. The molecule has 9 fully saturated rings. The minimum atomic E-state index is -1.86. The number of allylic oxidation sites excluding steroid dienone is 1. The number of aliphatic hydroxyl groups excluding tert-OH is 7. The van der Waals surface area contributed by atoms with E-state index in [0.29, 0.717) is 30.9 Å². The van der Waals surface area contributed by atoms with Crippen molar-refractivity contribution in [2.45, 2.75) is 203 Å². The maximum atomic E-state index is 13.3. The van der Waals surface area contributed by atoms with Gasteiger partial charge < -0.3 is 88.6 Å². The van der Waals surface area contributed by atoms with Crippen LogP contribution in [0.15, 0.2) is 42.0 Å². The first-order valence-electron chi connectivity index (χ1n) is 26.8. The van der Waals surface area contributed by atoms with Gasteiger partial charge in [0.1, 0.15) is 60.7 Å². The molecular weight excluding hydrogens is 965 g/mol. The first-order valence-corrected chi connectivity index (χ1v) is 26.8. The number of rotatable bonds is 12. The van der Waals surface area contributed by atoms with Gasteiger partial charge in [-0.05, 0) is 117 Å². The van der Waals surface area contributed by atoms with E-state index in [0.717, 1.165) is 50.2 Å². The molecule has 9 N–H and O–H groups in total. The normalized spacial score (nSPS) is 50.4. The van der Waals surface area contributed by atoms with Gasteiger partial charge in [-0.3, -0.25) is 0 Å². The van der Waals surface area contributed by atoms with E-state index in [4.69, 9.17) is 42.6 Å². The molecule has 74 heavy (non-hydrogen) atoms. The van der Waals surface area contributed by atoms with Crippen molar-refractivity contribution in [1.82, 2.24) is 0 Å². The monoisotopic (exact) mass is 1040 g/mol.